The van der Waals surface area contributed by atoms with Gasteiger partial charge in [-0.3, -0.25) is 23.6 Å². The maximum atomic E-state index is 12.5. The third-order valence-corrected chi connectivity index (χ3v) is 4.00. The Labute approximate surface area is 153 Å². The Bertz CT molecular complexity index is 951. The molecule has 10 nitrogen and oxygen atoms in total. The van der Waals surface area contributed by atoms with E-state index in [-0.39, 0.29) is 28.0 Å². The van der Waals surface area contributed by atoms with E-state index in [2.05, 4.69) is 25.9 Å². The van der Waals surface area contributed by atoms with Gasteiger partial charge in [0.15, 0.2) is 0 Å². The molecule has 0 radical (unpaired) electrons. The third-order valence-electron chi connectivity index (χ3n) is 3.72. The monoisotopic (exact) mass is 376 g/mol. The molecule has 0 atom stereocenters. The highest BCUT2D eigenvalue weighted by molar-refractivity contribution is 6.34. The fraction of sp³-hybridized carbons (Fsp3) is 0.267. The van der Waals surface area contributed by atoms with Crippen LogP contribution in [0.3, 0.4) is 0 Å². The topological polar surface area (TPSA) is 112 Å². The molecule has 3 aromatic rings. The van der Waals surface area contributed by atoms with Crippen molar-refractivity contribution in [1.29, 1.82) is 0 Å². The van der Waals surface area contributed by atoms with Gasteiger partial charge in [0.2, 0.25) is 0 Å². The first-order chi connectivity index (χ1) is 12.4. The second-order valence-electron chi connectivity index (χ2n) is 5.65. The molecule has 136 valence electrons. The Morgan fingerprint density at radius 1 is 1.00 bits per heavy atom. The number of amides is 2. The van der Waals surface area contributed by atoms with Crippen LogP contribution in [0.2, 0.25) is 5.02 Å². The number of nitrogens with zero attached hydrogens (tertiary/aromatic N) is 6. The number of hydrogen-bond donors (Lipinski definition) is 2. The van der Waals surface area contributed by atoms with E-state index in [0.29, 0.717) is 6.54 Å². The first kappa shape index (κ1) is 17.7. The lowest BCUT2D eigenvalue weighted by atomic mass is 10.3. The molecule has 0 saturated heterocycles. The van der Waals surface area contributed by atoms with Crippen LogP contribution in [0.5, 0.6) is 0 Å². The number of nitrogens with one attached hydrogen (secondary N) is 2. The summed E-state index contributed by atoms with van der Waals surface area (Å²) in [5.74, 6) is -0.857. The van der Waals surface area contributed by atoms with Gasteiger partial charge in [-0.15, -0.1) is 0 Å². The molecule has 11 heteroatoms. The molecule has 3 aromatic heterocycles. The maximum Gasteiger partial charge on any atom is 0.275 e. The summed E-state index contributed by atoms with van der Waals surface area (Å²) in [6.45, 7) is 0.304. The molecule has 2 N–H and O–H groups in total. The summed E-state index contributed by atoms with van der Waals surface area (Å²) in [7, 11) is 5.01. The van der Waals surface area contributed by atoms with Crippen molar-refractivity contribution < 1.29 is 9.59 Å². The zero-order valence-electron chi connectivity index (χ0n) is 14.4. The lowest BCUT2D eigenvalue weighted by Crippen LogP contribution is -2.27. The van der Waals surface area contributed by atoms with Gasteiger partial charge in [-0.05, 0) is 0 Å². The van der Waals surface area contributed by atoms with E-state index in [1.807, 2.05) is 0 Å². The second kappa shape index (κ2) is 7.00. The molecule has 0 aliphatic heterocycles. The van der Waals surface area contributed by atoms with Crippen LogP contribution < -0.4 is 10.6 Å². The zero-order valence-corrected chi connectivity index (χ0v) is 15.2. The third kappa shape index (κ3) is 3.45. The first-order valence-electron chi connectivity index (χ1n) is 7.63. The van der Waals surface area contributed by atoms with Gasteiger partial charge in [0.25, 0.3) is 11.8 Å². The van der Waals surface area contributed by atoms with Crippen LogP contribution >= 0.6 is 11.6 Å². The summed E-state index contributed by atoms with van der Waals surface area (Å²) in [5, 5.41) is 17.7. The maximum absolute atomic E-state index is 12.5. The van der Waals surface area contributed by atoms with Crippen molar-refractivity contribution in [3.05, 3.63) is 46.8 Å². The minimum Gasteiger partial charge on any atom is -0.346 e. The molecule has 0 unspecified atom stereocenters. The smallest absolute Gasteiger partial charge is 0.275 e. The van der Waals surface area contributed by atoms with Gasteiger partial charge in [-0.2, -0.15) is 15.3 Å². The molecule has 3 rings (SSSR count). The number of anilines is 1. The van der Waals surface area contributed by atoms with E-state index in [0.717, 1.165) is 5.56 Å². The molecule has 2 amide bonds. The fourth-order valence-electron chi connectivity index (χ4n) is 2.48. The Morgan fingerprint density at radius 3 is 2.31 bits per heavy atom. The number of carbonyl (C=O) groups excluding carboxylic acids is 2. The average molecular weight is 377 g/mol. The van der Waals surface area contributed by atoms with Crippen LogP contribution in [0.25, 0.3) is 0 Å². The molecule has 26 heavy (non-hydrogen) atoms. The van der Waals surface area contributed by atoms with Crippen LogP contribution in [-0.2, 0) is 27.7 Å². The van der Waals surface area contributed by atoms with Crippen LogP contribution in [0.15, 0.2) is 24.8 Å². The number of halogens is 1. The Balaban J connectivity index is 1.76. The lowest BCUT2D eigenvalue weighted by Gasteiger charge is -2.09. The van der Waals surface area contributed by atoms with E-state index in [1.54, 1.807) is 38.2 Å². The summed E-state index contributed by atoms with van der Waals surface area (Å²) in [5.41, 5.74) is 1.55. The number of aryl methyl sites for hydroxylation is 3. The molecule has 0 bridgehead atoms. The van der Waals surface area contributed by atoms with Gasteiger partial charge in [-0.1, -0.05) is 11.6 Å². The molecule has 0 fully saturated rings. The van der Waals surface area contributed by atoms with E-state index in [9.17, 15) is 9.59 Å². The minimum absolute atomic E-state index is 0.192. The van der Waals surface area contributed by atoms with Crippen LogP contribution in [-0.4, -0.2) is 41.2 Å². The second-order valence-corrected chi connectivity index (χ2v) is 6.06. The van der Waals surface area contributed by atoms with E-state index in [1.165, 1.54) is 21.8 Å². The van der Waals surface area contributed by atoms with Crippen molar-refractivity contribution in [3.8, 4) is 0 Å². The normalized spacial score (nSPS) is 10.8. The predicted molar refractivity (Wildman–Crippen MR) is 93.8 cm³/mol. The van der Waals surface area contributed by atoms with Gasteiger partial charge < -0.3 is 10.6 Å². The largest absolute Gasteiger partial charge is 0.346 e. The summed E-state index contributed by atoms with van der Waals surface area (Å²) in [4.78, 5) is 25.0. The summed E-state index contributed by atoms with van der Waals surface area (Å²) < 4.78 is 4.39. The highest BCUT2D eigenvalue weighted by Gasteiger charge is 2.22. The van der Waals surface area contributed by atoms with Crippen molar-refractivity contribution >= 4 is 29.1 Å². The predicted octanol–water partition coefficient (Wildman–Crippen LogP) is 0.723. The molecule has 0 spiro atoms. The molecular weight excluding hydrogens is 360 g/mol. The minimum atomic E-state index is -0.482. The van der Waals surface area contributed by atoms with E-state index < -0.39 is 5.91 Å². The highest BCUT2D eigenvalue weighted by Crippen LogP contribution is 2.19. The number of carbonyl (C=O) groups is 2. The average Bonchev–Trinajstić information content (AvgIpc) is 3.25. The van der Waals surface area contributed by atoms with Crippen LogP contribution in [0.4, 0.5) is 5.69 Å². The molecule has 0 aliphatic carbocycles. The van der Waals surface area contributed by atoms with Crippen molar-refractivity contribution in [2.45, 2.75) is 6.54 Å². The molecule has 0 aromatic carbocycles. The highest BCUT2D eigenvalue weighted by atomic mass is 35.5. The van der Waals surface area contributed by atoms with Gasteiger partial charge in [0, 0.05) is 39.4 Å². The molecule has 3 heterocycles. The van der Waals surface area contributed by atoms with Gasteiger partial charge in [-0.25, -0.2) is 0 Å². The summed E-state index contributed by atoms with van der Waals surface area (Å²) >= 11 is 5.98. The molecular formula is C15H17ClN8O2. The summed E-state index contributed by atoms with van der Waals surface area (Å²) in [6, 6.07) is 0. The fourth-order valence-corrected chi connectivity index (χ4v) is 2.73. The zero-order chi connectivity index (χ0) is 18.8. The number of hydrogen-bond acceptors (Lipinski definition) is 5. The van der Waals surface area contributed by atoms with Gasteiger partial charge in [0.05, 0.1) is 29.3 Å². The quantitative estimate of drug-likeness (QED) is 0.681. The number of aromatic nitrogens is 6. The first-order valence-corrected chi connectivity index (χ1v) is 8.01. The lowest BCUT2D eigenvalue weighted by molar-refractivity contribution is 0.0942. The Hall–Kier alpha value is -3.14. The van der Waals surface area contributed by atoms with Gasteiger partial charge in [0.1, 0.15) is 11.4 Å². The van der Waals surface area contributed by atoms with E-state index >= 15 is 0 Å². The molecule has 0 aliphatic rings. The summed E-state index contributed by atoms with van der Waals surface area (Å²) in [6.07, 6.45) is 6.25. The Morgan fingerprint density at radius 2 is 1.69 bits per heavy atom. The van der Waals surface area contributed by atoms with Crippen molar-refractivity contribution in [1.82, 2.24) is 34.7 Å². The van der Waals surface area contributed by atoms with E-state index in [4.69, 9.17) is 11.6 Å². The van der Waals surface area contributed by atoms with Crippen molar-refractivity contribution in [2.24, 2.45) is 21.1 Å². The van der Waals surface area contributed by atoms with Gasteiger partial charge >= 0.3 is 0 Å². The van der Waals surface area contributed by atoms with Crippen LogP contribution in [0.1, 0.15) is 26.5 Å². The Kier molecular flexibility index (Phi) is 4.76. The van der Waals surface area contributed by atoms with Crippen molar-refractivity contribution in [2.75, 3.05) is 5.32 Å². The van der Waals surface area contributed by atoms with Crippen molar-refractivity contribution in [3.63, 3.8) is 0 Å². The van der Waals surface area contributed by atoms with Crippen LogP contribution in [0, 0.1) is 0 Å². The molecule has 0 saturated carbocycles. The SMILES string of the molecule is Cn1cc(CNC(=O)c2c(NC(=O)c3c(Cl)cnn3C)cnn2C)cn1. The standard InChI is InChI=1S/C15H17ClN8O2/c1-22-8-9(5-18-22)4-17-14(25)13-11(7-20-24(13)3)21-15(26)12-10(16)6-19-23(12)2/h5-8H,4H2,1-3H3,(H,17,25)(H,21,26). The number of rotatable bonds is 5.